The first-order valence-corrected chi connectivity index (χ1v) is 5.79. The Balaban J connectivity index is 2.43. The van der Waals surface area contributed by atoms with Crippen LogP contribution in [0.5, 0.6) is 0 Å². The molecule has 0 bridgehead atoms. The number of anilines is 4. The Morgan fingerprint density at radius 2 is 1.11 bits per heavy atom. The second-order valence-corrected chi connectivity index (χ2v) is 4.27. The van der Waals surface area contributed by atoms with E-state index in [2.05, 4.69) is 0 Å². The molecule has 0 radical (unpaired) electrons. The Morgan fingerprint density at radius 3 is 1.39 bits per heavy atom. The lowest BCUT2D eigenvalue weighted by Crippen LogP contribution is -2.31. The van der Waals surface area contributed by atoms with Crippen LogP contribution in [0.15, 0.2) is 48.5 Å². The molecule has 0 fully saturated rings. The van der Waals surface area contributed by atoms with E-state index < -0.39 is 0 Å². The van der Waals surface area contributed by atoms with Crippen molar-refractivity contribution in [3.05, 3.63) is 48.5 Å². The molecule has 0 aliphatic rings. The van der Waals surface area contributed by atoms with Gasteiger partial charge in [-0.1, -0.05) is 0 Å². The van der Waals surface area contributed by atoms with Crippen molar-refractivity contribution in [1.82, 2.24) is 0 Å². The van der Waals surface area contributed by atoms with Crippen LogP contribution >= 0.6 is 12.2 Å². The molecule has 2 aromatic rings. The van der Waals surface area contributed by atoms with E-state index in [1.54, 1.807) is 29.2 Å². The van der Waals surface area contributed by atoms with E-state index in [1.165, 1.54) is 0 Å². The van der Waals surface area contributed by atoms with Crippen molar-refractivity contribution >= 4 is 40.1 Å². The zero-order valence-electron chi connectivity index (χ0n) is 9.71. The lowest BCUT2D eigenvalue weighted by Gasteiger charge is -2.23. The Morgan fingerprint density at radius 1 is 0.778 bits per heavy atom. The van der Waals surface area contributed by atoms with Gasteiger partial charge in [0.05, 0.1) is 0 Å². The van der Waals surface area contributed by atoms with Gasteiger partial charge in [-0.05, 0) is 60.7 Å². The Bertz CT molecular complexity index is 503. The van der Waals surface area contributed by atoms with Crippen LogP contribution in [0.3, 0.4) is 0 Å². The molecule has 2 rings (SSSR count). The predicted octanol–water partition coefficient (Wildman–Crippen LogP) is 2.23. The van der Waals surface area contributed by atoms with Gasteiger partial charge in [-0.15, -0.1) is 0 Å². The van der Waals surface area contributed by atoms with Gasteiger partial charge < -0.3 is 17.2 Å². The first kappa shape index (κ1) is 12.2. The molecular weight excluding hydrogens is 244 g/mol. The van der Waals surface area contributed by atoms with Crippen molar-refractivity contribution in [1.29, 1.82) is 0 Å². The monoisotopic (exact) mass is 258 g/mol. The van der Waals surface area contributed by atoms with E-state index in [0.29, 0.717) is 11.4 Å². The van der Waals surface area contributed by atoms with Crippen molar-refractivity contribution in [2.24, 2.45) is 5.73 Å². The maximum atomic E-state index is 5.77. The minimum atomic E-state index is 0.268. The number of benzene rings is 2. The molecule has 6 N–H and O–H groups in total. The molecule has 0 heterocycles. The number of nitrogens with two attached hydrogens (primary N) is 3. The molecule has 0 saturated carbocycles. The number of nitrogens with zero attached hydrogens (tertiary/aromatic N) is 1. The zero-order chi connectivity index (χ0) is 13.1. The quantitative estimate of drug-likeness (QED) is 0.568. The lowest BCUT2D eigenvalue weighted by molar-refractivity contribution is 1.34. The highest BCUT2D eigenvalue weighted by Crippen LogP contribution is 2.26. The summed E-state index contributed by atoms with van der Waals surface area (Å²) < 4.78 is 0. The molecule has 0 amide bonds. The van der Waals surface area contributed by atoms with Gasteiger partial charge in [0.1, 0.15) is 0 Å². The van der Waals surface area contributed by atoms with Crippen molar-refractivity contribution in [2.45, 2.75) is 0 Å². The number of thiocarbonyl (C=S) groups is 1. The molecule has 2 aromatic carbocycles. The van der Waals surface area contributed by atoms with Crippen LogP contribution in [0, 0.1) is 0 Å². The van der Waals surface area contributed by atoms with E-state index in [9.17, 15) is 0 Å². The van der Waals surface area contributed by atoms with Crippen LogP contribution in [0.2, 0.25) is 0 Å². The highest BCUT2D eigenvalue weighted by Gasteiger charge is 2.11. The van der Waals surface area contributed by atoms with Crippen LogP contribution in [-0.2, 0) is 0 Å². The third-order valence-corrected chi connectivity index (χ3v) is 2.71. The maximum Gasteiger partial charge on any atom is 0.175 e. The fourth-order valence-corrected chi connectivity index (χ4v) is 1.86. The molecule has 0 spiro atoms. The predicted molar refractivity (Wildman–Crippen MR) is 80.6 cm³/mol. The number of nitrogen functional groups attached to an aromatic ring is 2. The van der Waals surface area contributed by atoms with Crippen LogP contribution in [0.1, 0.15) is 0 Å². The van der Waals surface area contributed by atoms with Gasteiger partial charge in [-0.3, -0.25) is 4.90 Å². The summed E-state index contributed by atoms with van der Waals surface area (Å²) >= 11 is 5.09. The van der Waals surface area contributed by atoms with Gasteiger partial charge in [0, 0.05) is 22.7 Å². The SMILES string of the molecule is NC(=S)N(c1ccc(N)cc1)c1ccc(N)cc1. The van der Waals surface area contributed by atoms with E-state index in [4.69, 9.17) is 29.4 Å². The first-order chi connectivity index (χ1) is 8.58. The maximum absolute atomic E-state index is 5.77. The molecule has 18 heavy (non-hydrogen) atoms. The normalized spacial score (nSPS) is 10.0. The molecule has 0 aliphatic heterocycles. The van der Waals surface area contributed by atoms with Gasteiger partial charge >= 0.3 is 0 Å². The van der Waals surface area contributed by atoms with E-state index in [1.807, 2.05) is 24.3 Å². The fourth-order valence-electron chi connectivity index (χ4n) is 1.65. The molecule has 92 valence electrons. The lowest BCUT2D eigenvalue weighted by atomic mass is 10.2. The molecule has 0 aliphatic carbocycles. The van der Waals surface area contributed by atoms with Crippen LogP contribution in [0.4, 0.5) is 22.7 Å². The van der Waals surface area contributed by atoms with E-state index in [-0.39, 0.29) is 5.11 Å². The van der Waals surface area contributed by atoms with Crippen molar-refractivity contribution in [3.63, 3.8) is 0 Å². The van der Waals surface area contributed by atoms with Gasteiger partial charge in [-0.2, -0.15) is 0 Å². The smallest absolute Gasteiger partial charge is 0.175 e. The minimum Gasteiger partial charge on any atom is -0.399 e. The highest BCUT2D eigenvalue weighted by molar-refractivity contribution is 7.80. The number of hydrogen-bond donors (Lipinski definition) is 3. The average Bonchev–Trinajstić information content (AvgIpc) is 2.34. The first-order valence-electron chi connectivity index (χ1n) is 5.38. The highest BCUT2D eigenvalue weighted by atomic mass is 32.1. The summed E-state index contributed by atoms with van der Waals surface area (Å²) in [5, 5.41) is 0.268. The average molecular weight is 258 g/mol. The van der Waals surface area contributed by atoms with Crippen LogP contribution in [-0.4, -0.2) is 5.11 Å². The van der Waals surface area contributed by atoms with Crippen LogP contribution < -0.4 is 22.1 Å². The molecule has 0 aromatic heterocycles. The van der Waals surface area contributed by atoms with Crippen molar-refractivity contribution in [3.8, 4) is 0 Å². The Hall–Kier alpha value is -2.27. The molecular formula is C13H14N4S. The van der Waals surface area contributed by atoms with Gasteiger partial charge in [0.25, 0.3) is 0 Å². The van der Waals surface area contributed by atoms with Gasteiger partial charge in [0.15, 0.2) is 5.11 Å². The molecule has 0 unspecified atom stereocenters. The third-order valence-electron chi connectivity index (χ3n) is 2.52. The number of hydrogen-bond acceptors (Lipinski definition) is 3. The Labute approximate surface area is 111 Å². The third kappa shape index (κ3) is 2.52. The summed E-state index contributed by atoms with van der Waals surface area (Å²) in [7, 11) is 0. The van der Waals surface area contributed by atoms with E-state index in [0.717, 1.165) is 11.4 Å². The largest absolute Gasteiger partial charge is 0.399 e. The van der Waals surface area contributed by atoms with Crippen molar-refractivity contribution in [2.75, 3.05) is 16.4 Å². The summed E-state index contributed by atoms with van der Waals surface area (Å²) in [6.07, 6.45) is 0. The van der Waals surface area contributed by atoms with Gasteiger partial charge in [0.2, 0.25) is 0 Å². The minimum absolute atomic E-state index is 0.268. The zero-order valence-corrected chi connectivity index (χ0v) is 10.5. The molecule has 4 nitrogen and oxygen atoms in total. The molecule has 0 atom stereocenters. The summed E-state index contributed by atoms with van der Waals surface area (Å²) in [6.45, 7) is 0. The summed E-state index contributed by atoms with van der Waals surface area (Å²) in [5.74, 6) is 0. The summed E-state index contributed by atoms with van der Waals surface area (Å²) in [4.78, 5) is 1.76. The standard InChI is InChI=1S/C13H14N4S/c14-9-1-5-11(6-2-9)17(13(16)18)12-7-3-10(15)4-8-12/h1-8H,14-15H2,(H2,16,18). The topological polar surface area (TPSA) is 81.3 Å². The van der Waals surface area contributed by atoms with Crippen LogP contribution in [0.25, 0.3) is 0 Å². The second kappa shape index (κ2) is 4.93. The summed E-state index contributed by atoms with van der Waals surface area (Å²) in [5.41, 5.74) is 20.2. The van der Waals surface area contributed by atoms with Gasteiger partial charge in [-0.25, -0.2) is 0 Å². The second-order valence-electron chi connectivity index (χ2n) is 3.86. The Kier molecular flexibility index (Phi) is 3.34. The van der Waals surface area contributed by atoms with Crippen molar-refractivity contribution < 1.29 is 0 Å². The molecule has 5 heteroatoms. The molecule has 0 saturated heterocycles. The fraction of sp³-hybridized carbons (Fsp3) is 0. The van der Waals surface area contributed by atoms with E-state index >= 15 is 0 Å². The number of rotatable bonds is 2. The summed E-state index contributed by atoms with van der Waals surface area (Å²) in [6, 6.07) is 14.7.